The van der Waals surface area contributed by atoms with E-state index >= 15 is 0 Å². The Kier molecular flexibility index (Phi) is 4.45. The van der Waals surface area contributed by atoms with Gasteiger partial charge in [0.1, 0.15) is 0 Å². The molecule has 1 heterocycles. The third-order valence-electron chi connectivity index (χ3n) is 5.08. The zero-order valence-electron chi connectivity index (χ0n) is 14.3. The number of carbonyl (C=O) groups is 1. The van der Waals surface area contributed by atoms with E-state index in [1.54, 1.807) is 0 Å². The predicted molar refractivity (Wildman–Crippen MR) is 86.2 cm³/mol. The number of nitrogens with one attached hydrogen (secondary N) is 1. The normalized spacial score (nSPS) is 23.1. The molecule has 1 aliphatic rings. The quantitative estimate of drug-likeness (QED) is 0.900. The maximum Gasteiger partial charge on any atom is 0.227 e. The first kappa shape index (κ1) is 16.1. The molecule has 118 valence electrons. The van der Waals surface area contributed by atoms with Gasteiger partial charge in [-0.1, -0.05) is 20.8 Å². The topological polar surface area (TPSA) is 46.9 Å². The van der Waals surface area contributed by atoms with Crippen LogP contribution in [0, 0.1) is 31.1 Å². The van der Waals surface area contributed by atoms with Crippen LogP contribution in [0.2, 0.25) is 0 Å². The number of anilines is 1. The zero-order chi connectivity index (χ0) is 15.8. The molecule has 1 aromatic rings. The van der Waals surface area contributed by atoms with Crippen LogP contribution >= 0.6 is 0 Å². The number of hydrogen-bond acceptors (Lipinski definition) is 2. The molecule has 1 aliphatic carbocycles. The number of carbonyl (C=O) groups excluding carboxylic acids is 1. The van der Waals surface area contributed by atoms with E-state index in [-0.39, 0.29) is 11.8 Å². The van der Waals surface area contributed by atoms with Crippen molar-refractivity contribution in [3.05, 3.63) is 11.4 Å². The summed E-state index contributed by atoms with van der Waals surface area (Å²) in [7, 11) is 1.91. The SMILES string of the molecule is Cc1nn(C)c(C)c1NC(=O)C1CCC(C(C)(C)C)CC1. The van der Waals surface area contributed by atoms with Gasteiger partial charge in [-0.3, -0.25) is 9.48 Å². The van der Waals surface area contributed by atoms with Crippen molar-refractivity contribution >= 4 is 11.6 Å². The molecule has 4 nitrogen and oxygen atoms in total. The Bertz CT molecular complexity index is 517. The average Bonchev–Trinajstić information content (AvgIpc) is 2.64. The highest BCUT2D eigenvalue weighted by molar-refractivity contribution is 5.93. The second-order valence-corrected chi connectivity index (χ2v) is 7.57. The largest absolute Gasteiger partial charge is 0.323 e. The average molecular weight is 291 g/mol. The second kappa shape index (κ2) is 5.82. The summed E-state index contributed by atoms with van der Waals surface area (Å²) in [6, 6.07) is 0. The Morgan fingerprint density at radius 2 is 1.76 bits per heavy atom. The molecule has 2 rings (SSSR count). The van der Waals surface area contributed by atoms with Gasteiger partial charge in [0.25, 0.3) is 0 Å². The van der Waals surface area contributed by atoms with Gasteiger partial charge in [0.15, 0.2) is 0 Å². The molecule has 1 aromatic heterocycles. The van der Waals surface area contributed by atoms with Crippen LogP contribution < -0.4 is 5.32 Å². The number of amides is 1. The third kappa shape index (κ3) is 3.47. The van der Waals surface area contributed by atoms with E-state index in [1.807, 2.05) is 25.6 Å². The van der Waals surface area contributed by atoms with Crippen molar-refractivity contribution in [2.24, 2.45) is 24.3 Å². The summed E-state index contributed by atoms with van der Waals surface area (Å²) in [5, 5.41) is 7.46. The van der Waals surface area contributed by atoms with Gasteiger partial charge in [-0.15, -0.1) is 0 Å². The lowest BCUT2D eigenvalue weighted by Gasteiger charge is -2.36. The van der Waals surface area contributed by atoms with Gasteiger partial charge in [-0.25, -0.2) is 0 Å². The standard InChI is InChI=1S/C17H29N3O/c1-11-15(12(2)20(6)19-11)18-16(21)13-7-9-14(10-8-13)17(3,4)5/h13-14H,7-10H2,1-6H3,(H,18,21). The molecule has 0 atom stereocenters. The highest BCUT2D eigenvalue weighted by Gasteiger charge is 2.32. The Morgan fingerprint density at radius 1 is 1.19 bits per heavy atom. The van der Waals surface area contributed by atoms with E-state index in [2.05, 4.69) is 31.2 Å². The number of rotatable bonds is 2. The van der Waals surface area contributed by atoms with Crippen molar-refractivity contribution in [3.8, 4) is 0 Å². The molecular formula is C17H29N3O. The maximum absolute atomic E-state index is 12.5. The van der Waals surface area contributed by atoms with Crippen molar-refractivity contribution in [1.29, 1.82) is 0 Å². The smallest absolute Gasteiger partial charge is 0.227 e. The van der Waals surface area contributed by atoms with Gasteiger partial charge in [-0.05, 0) is 50.9 Å². The molecule has 1 fully saturated rings. The Balaban J connectivity index is 1.97. The van der Waals surface area contributed by atoms with Crippen LogP contribution in [0.4, 0.5) is 5.69 Å². The van der Waals surface area contributed by atoms with Crippen molar-refractivity contribution < 1.29 is 4.79 Å². The first-order chi connectivity index (χ1) is 9.70. The molecule has 0 saturated heterocycles. The first-order valence-electron chi connectivity index (χ1n) is 8.01. The zero-order valence-corrected chi connectivity index (χ0v) is 14.3. The molecule has 0 aromatic carbocycles. The Labute approximate surface area is 128 Å². The van der Waals surface area contributed by atoms with E-state index in [0.29, 0.717) is 5.41 Å². The maximum atomic E-state index is 12.5. The molecule has 0 unspecified atom stereocenters. The summed E-state index contributed by atoms with van der Waals surface area (Å²) < 4.78 is 1.82. The summed E-state index contributed by atoms with van der Waals surface area (Å²) in [6.07, 6.45) is 4.33. The van der Waals surface area contributed by atoms with Gasteiger partial charge in [-0.2, -0.15) is 5.10 Å². The highest BCUT2D eigenvalue weighted by atomic mass is 16.1. The fraction of sp³-hybridized carbons (Fsp3) is 0.765. The van der Waals surface area contributed by atoms with Crippen molar-refractivity contribution in [2.75, 3.05) is 5.32 Å². The summed E-state index contributed by atoms with van der Waals surface area (Å²) >= 11 is 0. The molecule has 0 spiro atoms. The fourth-order valence-corrected chi connectivity index (χ4v) is 3.40. The van der Waals surface area contributed by atoms with Gasteiger partial charge in [0.05, 0.1) is 17.1 Å². The number of nitrogens with zero attached hydrogens (tertiary/aromatic N) is 2. The van der Waals surface area contributed by atoms with E-state index in [4.69, 9.17) is 0 Å². The van der Waals surface area contributed by atoms with Crippen LogP contribution in [0.3, 0.4) is 0 Å². The van der Waals surface area contributed by atoms with E-state index < -0.39 is 0 Å². The minimum atomic E-state index is 0.155. The minimum Gasteiger partial charge on any atom is -0.323 e. The number of hydrogen-bond donors (Lipinski definition) is 1. The van der Waals surface area contributed by atoms with Crippen LogP contribution in [0.25, 0.3) is 0 Å². The Hall–Kier alpha value is -1.32. The van der Waals surface area contributed by atoms with Crippen molar-refractivity contribution in [3.63, 3.8) is 0 Å². The van der Waals surface area contributed by atoms with Crippen LogP contribution in [-0.4, -0.2) is 15.7 Å². The molecule has 0 radical (unpaired) electrons. The summed E-state index contributed by atoms with van der Waals surface area (Å²) in [6.45, 7) is 10.9. The highest BCUT2D eigenvalue weighted by Crippen LogP contribution is 2.40. The minimum absolute atomic E-state index is 0.155. The molecule has 4 heteroatoms. The number of aryl methyl sites for hydroxylation is 2. The second-order valence-electron chi connectivity index (χ2n) is 7.57. The Morgan fingerprint density at radius 3 is 2.19 bits per heavy atom. The van der Waals surface area contributed by atoms with Gasteiger partial charge < -0.3 is 5.32 Å². The molecule has 21 heavy (non-hydrogen) atoms. The summed E-state index contributed by atoms with van der Waals surface area (Å²) in [4.78, 5) is 12.5. The summed E-state index contributed by atoms with van der Waals surface area (Å²) in [5.74, 6) is 1.06. The van der Waals surface area contributed by atoms with Gasteiger partial charge in [0.2, 0.25) is 5.91 Å². The lowest BCUT2D eigenvalue weighted by atomic mass is 9.69. The van der Waals surface area contributed by atoms with E-state index in [9.17, 15) is 4.79 Å². The van der Waals surface area contributed by atoms with Gasteiger partial charge >= 0.3 is 0 Å². The molecule has 1 amide bonds. The van der Waals surface area contributed by atoms with Crippen LogP contribution in [0.1, 0.15) is 57.8 Å². The number of aromatic nitrogens is 2. The predicted octanol–water partition coefficient (Wildman–Crippen LogP) is 3.83. The molecular weight excluding hydrogens is 262 g/mol. The third-order valence-corrected chi connectivity index (χ3v) is 5.08. The van der Waals surface area contributed by atoms with Crippen molar-refractivity contribution in [2.45, 2.75) is 60.3 Å². The van der Waals surface area contributed by atoms with E-state index in [0.717, 1.165) is 48.7 Å². The van der Waals surface area contributed by atoms with Crippen molar-refractivity contribution in [1.82, 2.24) is 9.78 Å². The van der Waals surface area contributed by atoms with Crippen LogP contribution in [0.5, 0.6) is 0 Å². The molecule has 1 saturated carbocycles. The van der Waals surface area contributed by atoms with Crippen LogP contribution in [0.15, 0.2) is 0 Å². The summed E-state index contributed by atoms with van der Waals surface area (Å²) in [5.41, 5.74) is 3.16. The monoisotopic (exact) mass is 291 g/mol. The molecule has 1 N–H and O–H groups in total. The fourth-order valence-electron chi connectivity index (χ4n) is 3.40. The molecule has 0 bridgehead atoms. The first-order valence-corrected chi connectivity index (χ1v) is 8.01. The lowest BCUT2D eigenvalue weighted by molar-refractivity contribution is -0.121. The lowest BCUT2D eigenvalue weighted by Crippen LogP contribution is -2.31. The van der Waals surface area contributed by atoms with Gasteiger partial charge in [0, 0.05) is 13.0 Å². The van der Waals surface area contributed by atoms with E-state index in [1.165, 1.54) is 0 Å². The molecule has 0 aliphatic heterocycles. The van der Waals surface area contributed by atoms with Crippen LogP contribution in [-0.2, 0) is 11.8 Å².